The lowest BCUT2D eigenvalue weighted by Crippen LogP contribution is -3.10. The normalized spacial score (nSPS) is 16.1. The topological polar surface area (TPSA) is 46.5 Å². The monoisotopic (exact) mass is 343 g/mol. The standard InChI is InChI=1S/C21H30N2O2/c1-3-4-13-25-17-9-10-20-18(14-17)21(24)19(16(2)22-20)15-23-11-7-5-6-8-12-23/h9-10,14H,3-8,11-13,15H2,1-2H3,(H,22,24)/p+1. The summed E-state index contributed by atoms with van der Waals surface area (Å²) in [5.74, 6) is 0.795. The summed E-state index contributed by atoms with van der Waals surface area (Å²) in [5, 5.41) is 0.754. The lowest BCUT2D eigenvalue weighted by molar-refractivity contribution is -0.913. The molecule has 0 unspecified atom stereocenters. The lowest BCUT2D eigenvalue weighted by atomic mass is 10.1. The van der Waals surface area contributed by atoms with Gasteiger partial charge < -0.3 is 14.6 Å². The number of aryl methyl sites for hydroxylation is 1. The van der Waals surface area contributed by atoms with Crippen LogP contribution in [0.4, 0.5) is 0 Å². The molecular formula is C21H31N2O2+. The molecule has 1 aromatic carbocycles. The van der Waals surface area contributed by atoms with Crippen molar-refractivity contribution in [1.82, 2.24) is 4.98 Å². The highest BCUT2D eigenvalue weighted by Crippen LogP contribution is 2.19. The third-order valence-corrected chi connectivity index (χ3v) is 5.29. The Bertz CT molecular complexity index is 758. The van der Waals surface area contributed by atoms with E-state index >= 15 is 0 Å². The van der Waals surface area contributed by atoms with Gasteiger partial charge in [-0.25, -0.2) is 0 Å². The number of aromatic nitrogens is 1. The number of benzene rings is 1. The molecule has 0 bridgehead atoms. The molecule has 0 radical (unpaired) electrons. The highest BCUT2D eigenvalue weighted by atomic mass is 16.5. The second-order valence-corrected chi connectivity index (χ2v) is 7.31. The third kappa shape index (κ3) is 4.43. The Hall–Kier alpha value is -1.81. The number of rotatable bonds is 6. The first-order chi connectivity index (χ1) is 12.2. The van der Waals surface area contributed by atoms with Crippen molar-refractivity contribution in [2.45, 2.75) is 58.9 Å². The van der Waals surface area contributed by atoms with Gasteiger partial charge in [-0.2, -0.15) is 0 Å². The minimum atomic E-state index is 0.170. The van der Waals surface area contributed by atoms with Crippen molar-refractivity contribution in [3.8, 4) is 5.75 Å². The van der Waals surface area contributed by atoms with Gasteiger partial charge in [0.2, 0.25) is 0 Å². The van der Waals surface area contributed by atoms with E-state index in [1.54, 1.807) is 4.90 Å². The lowest BCUT2D eigenvalue weighted by Gasteiger charge is -2.18. The van der Waals surface area contributed by atoms with Crippen LogP contribution in [0, 0.1) is 6.92 Å². The van der Waals surface area contributed by atoms with Crippen LogP contribution >= 0.6 is 0 Å². The summed E-state index contributed by atoms with van der Waals surface area (Å²) < 4.78 is 5.79. The van der Waals surface area contributed by atoms with E-state index < -0.39 is 0 Å². The van der Waals surface area contributed by atoms with Crippen molar-refractivity contribution in [2.75, 3.05) is 19.7 Å². The number of unbranched alkanes of at least 4 members (excludes halogenated alkanes) is 1. The number of hydrogen-bond acceptors (Lipinski definition) is 2. The van der Waals surface area contributed by atoms with E-state index in [1.807, 2.05) is 25.1 Å². The van der Waals surface area contributed by atoms with Crippen molar-refractivity contribution in [2.24, 2.45) is 0 Å². The zero-order valence-electron chi connectivity index (χ0n) is 15.6. The zero-order chi connectivity index (χ0) is 17.6. The summed E-state index contributed by atoms with van der Waals surface area (Å²) in [6.45, 7) is 8.07. The van der Waals surface area contributed by atoms with E-state index in [1.165, 1.54) is 38.8 Å². The average Bonchev–Trinajstić information content (AvgIpc) is 2.88. The van der Waals surface area contributed by atoms with Crippen LogP contribution in [0.2, 0.25) is 0 Å². The first-order valence-corrected chi connectivity index (χ1v) is 9.81. The van der Waals surface area contributed by atoms with Crippen molar-refractivity contribution < 1.29 is 9.64 Å². The second-order valence-electron chi connectivity index (χ2n) is 7.31. The van der Waals surface area contributed by atoms with Gasteiger partial charge in [-0.05, 0) is 57.2 Å². The summed E-state index contributed by atoms with van der Waals surface area (Å²) in [5.41, 5.74) is 3.02. The fraction of sp³-hybridized carbons (Fsp3) is 0.571. The number of nitrogens with one attached hydrogen (secondary N) is 2. The van der Waals surface area contributed by atoms with Crippen LogP contribution < -0.4 is 15.1 Å². The molecule has 0 amide bonds. The summed E-state index contributed by atoms with van der Waals surface area (Å²) in [4.78, 5) is 18.1. The van der Waals surface area contributed by atoms with Gasteiger partial charge in [-0.15, -0.1) is 0 Å². The van der Waals surface area contributed by atoms with Gasteiger partial charge in [0.15, 0.2) is 5.43 Å². The molecule has 1 aliphatic heterocycles. The fourth-order valence-corrected chi connectivity index (χ4v) is 3.72. The first-order valence-electron chi connectivity index (χ1n) is 9.81. The summed E-state index contributed by atoms with van der Waals surface area (Å²) in [6, 6.07) is 5.82. The highest BCUT2D eigenvalue weighted by molar-refractivity contribution is 5.81. The van der Waals surface area contributed by atoms with E-state index in [9.17, 15) is 4.79 Å². The molecule has 4 nitrogen and oxygen atoms in total. The number of H-pyrrole nitrogens is 1. The minimum absolute atomic E-state index is 0.170. The molecule has 2 N–H and O–H groups in total. The predicted octanol–water partition coefficient (Wildman–Crippen LogP) is 2.97. The van der Waals surface area contributed by atoms with Gasteiger partial charge in [0, 0.05) is 16.6 Å². The second kappa shape index (κ2) is 8.52. The molecule has 0 saturated carbocycles. The smallest absolute Gasteiger partial charge is 0.198 e. The molecule has 25 heavy (non-hydrogen) atoms. The number of likely N-dealkylation sites (tertiary alicyclic amines) is 1. The maximum absolute atomic E-state index is 13.1. The number of hydrogen-bond donors (Lipinski definition) is 2. The van der Waals surface area contributed by atoms with Gasteiger partial charge in [0.1, 0.15) is 12.3 Å². The highest BCUT2D eigenvalue weighted by Gasteiger charge is 2.18. The molecule has 1 saturated heterocycles. The van der Waals surface area contributed by atoms with Crippen molar-refractivity contribution in [1.29, 1.82) is 0 Å². The van der Waals surface area contributed by atoms with Crippen molar-refractivity contribution in [3.63, 3.8) is 0 Å². The van der Waals surface area contributed by atoms with E-state index in [2.05, 4.69) is 11.9 Å². The number of quaternary nitrogens is 1. The van der Waals surface area contributed by atoms with Crippen LogP contribution in [-0.4, -0.2) is 24.7 Å². The SMILES string of the molecule is CCCCOc1ccc2[nH]c(C)c(C[NH+]3CCCCCC3)c(=O)c2c1. The molecular weight excluding hydrogens is 312 g/mol. The Balaban J connectivity index is 1.88. The number of ether oxygens (including phenoxy) is 1. The molecule has 0 spiro atoms. The molecule has 2 heterocycles. The number of aromatic amines is 1. The van der Waals surface area contributed by atoms with Crippen molar-refractivity contribution in [3.05, 3.63) is 39.7 Å². The molecule has 1 aliphatic rings. The zero-order valence-corrected chi connectivity index (χ0v) is 15.6. The van der Waals surface area contributed by atoms with Crippen LogP contribution in [0.3, 0.4) is 0 Å². The Morgan fingerprint density at radius 3 is 2.64 bits per heavy atom. The van der Waals surface area contributed by atoms with Gasteiger partial charge in [-0.1, -0.05) is 13.3 Å². The van der Waals surface area contributed by atoms with E-state index in [-0.39, 0.29) is 5.43 Å². The molecule has 136 valence electrons. The predicted molar refractivity (Wildman–Crippen MR) is 103 cm³/mol. The van der Waals surface area contributed by atoms with Crippen LogP contribution in [0.5, 0.6) is 5.75 Å². The van der Waals surface area contributed by atoms with Gasteiger partial charge in [-0.3, -0.25) is 4.79 Å². The largest absolute Gasteiger partial charge is 0.494 e. The third-order valence-electron chi connectivity index (χ3n) is 5.29. The molecule has 1 aromatic heterocycles. The van der Waals surface area contributed by atoms with Crippen LogP contribution in [-0.2, 0) is 6.54 Å². The Kier molecular flexibility index (Phi) is 6.14. The maximum atomic E-state index is 13.1. The van der Waals surface area contributed by atoms with Crippen LogP contribution in [0.25, 0.3) is 10.9 Å². The molecule has 0 atom stereocenters. The van der Waals surface area contributed by atoms with Crippen molar-refractivity contribution >= 4 is 10.9 Å². The molecule has 3 rings (SSSR count). The maximum Gasteiger partial charge on any atom is 0.198 e. The minimum Gasteiger partial charge on any atom is -0.494 e. The van der Waals surface area contributed by atoms with Crippen LogP contribution in [0.1, 0.15) is 56.7 Å². The average molecular weight is 343 g/mol. The molecule has 0 aliphatic carbocycles. The molecule has 1 fully saturated rings. The van der Waals surface area contributed by atoms with E-state index in [0.29, 0.717) is 6.61 Å². The Labute approximate surface area is 150 Å². The Morgan fingerprint density at radius 2 is 1.92 bits per heavy atom. The summed E-state index contributed by atoms with van der Waals surface area (Å²) >= 11 is 0. The number of pyridine rings is 1. The molecule has 2 aromatic rings. The number of fused-ring (bicyclic) bond motifs is 1. The van der Waals surface area contributed by atoms with E-state index in [0.717, 1.165) is 47.3 Å². The summed E-state index contributed by atoms with van der Waals surface area (Å²) in [7, 11) is 0. The van der Waals surface area contributed by atoms with Gasteiger partial charge in [0.25, 0.3) is 0 Å². The Morgan fingerprint density at radius 1 is 1.16 bits per heavy atom. The summed E-state index contributed by atoms with van der Waals surface area (Å²) in [6.07, 6.45) is 7.34. The van der Waals surface area contributed by atoms with Crippen LogP contribution in [0.15, 0.2) is 23.0 Å². The molecule has 4 heteroatoms. The van der Waals surface area contributed by atoms with E-state index in [4.69, 9.17) is 4.74 Å². The quantitative estimate of drug-likeness (QED) is 0.792. The first kappa shape index (κ1) is 18.0. The van der Waals surface area contributed by atoms with Gasteiger partial charge >= 0.3 is 0 Å². The fourth-order valence-electron chi connectivity index (χ4n) is 3.72. The van der Waals surface area contributed by atoms with Gasteiger partial charge in [0.05, 0.1) is 25.3 Å².